The lowest BCUT2D eigenvalue weighted by molar-refractivity contribution is 0.389. The third-order valence-electron chi connectivity index (χ3n) is 11.5. The molecule has 4 nitrogen and oxygen atoms in total. The number of hydrogen-bond donors (Lipinski definition) is 0. The second kappa shape index (κ2) is 11.3. The Morgan fingerprint density at radius 3 is 1.76 bits per heavy atom. The summed E-state index contributed by atoms with van der Waals surface area (Å²) >= 11 is 0. The van der Waals surface area contributed by atoms with E-state index in [1.807, 2.05) is 24.3 Å². The zero-order valence-corrected chi connectivity index (χ0v) is 29.6. The Kier molecular flexibility index (Phi) is 6.23. The fourth-order valence-corrected chi connectivity index (χ4v) is 9.15. The van der Waals surface area contributed by atoms with Crippen LogP contribution < -0.4 is 9.64 Å². The molecule has 0 atom stereocenters. The Bertz CT molecular complexity index is 3090. The third-order valence-corrected chi connectivity index (χ3v) is 11.5. The molecule has 0 saturated heterocycles. The zero-order chi connectivity index (χ0) is 36.1. The monoisotopic (exact) mass is 705 g/mol. The maximum atomic E-state index is 7.04. The first-order valence-corrected chi connectivity index (χ1v) is 18.7. The molecular weight excluding hydrogens is 675 g/mol. The molecule has 1 spiro atoms. The van der Waals surface area contributed by atoms with Crippen molar-refractivity contribution in [2.24, 2.45) is 0 Å². The van der Waals surface area contributed by atoms with E-state index in [4.69, 9.17) is 13.6 Å². The topological polar surface area (TPSA) is 38.8 Å². The smallest absolute Gasteiger partial charge is 0.178 e. The summed E-state index contributed by atoms with van der Waals surface area (Å²) in [7, 11) is 0. The number of fused-ring (bicyclic) bond motifs is 14. The number of rotatable bonds is 4. The summed E-state index contributed by atoms with van der Waals surface area (Å²) in [6.45, 7) is 0. The molecule has 1 aliphatic heterocycles. The van der Waals surface area contributed by atoms with Crippen LogP contribution in [0.15, 0.2) is 197 Å². The van der Waals surface area contributed by atoms with Crippen LogP contribution in [0.4, 0.5) is 17.1 Å². The lowest BCUT2D eigenvalue weighted by Crippen LogP contribution is -2.31. The van der Waals surface area contributed by atoms with Gasteiger partial charge in [-0.2, -0.15) is 0 Å². The van der Waals surface area contributed by atoms with E-state index in [-0.39, 0.29) is 0 Å². The Labute approximate surface area is 317 Å². The van der Waals surface area contributed by atoms with Gasteiger partial charge in [0.05, 0.1) is 5.39 Å². The van der Waals surface area contributed by atoms with Crippen LogP contribution >= 0.6 is 0 Å². The minimum atomic E-state index is -0.671. The van der Waals surface area contributed by atoms with Crippen LogP contribution in [0.5, 0.6) is 11.5 Å². The average Bonchev–Trinajstić information content (AvgIpc) is 3.90. The van der Waals surface area contributed by atoms with Crippen LogP contribution in [-0.4, -0.2) is 0 Å². The van der Waals surface area contributed by atoms with Crippen molar-refractivity contribution in [3.63, 3.8) is 0 Å². The van der Waals surface area contributed by atoms with E-state index in [0.29, 0.717) is 0 Å². The first kappa shape index (κ1) is 30.2. The van der Waals surface area contributed by atoms with E-state index < -0.39 is 5.41 Å². The van der Waals surface area contributed by atoms with Crippen LogP contribution in [0.25, 0.3) is 55.2 Å². The van der Waals surface area contributed by atoms with Crippen LogP contribution in [0.2, 0.25) is 0 Å². The first-order chi connectivity index (χ1) is 27.3. The predicted octanol–water partition coefficient (Wildman–Crippen LogP) is 13.9. The highest BCUT2D eigenvalue weighted by Gasteiger charge is 2.54. The summed E-state index contributed by atoms with van der Waals surface area (Å²) in [5.41, 5.74) is 13.0. The van der Waals surface area contributed by atoms with Gasteiger partial charge in [0.2, 0.25) is 0 Å². The molecule has 0 unspecified atom stereocenters. The molecule has 0 saturated carbocycles. The van der Waals surface area contributed by atoms with Gasteiger partial charge in [0, 0.05) is 39.5 Å². The Morgan fingerprint density at radius 1 is 0.382 bits per heavy atom. The lowest BCUT2D eigenvalue weighted by atomic mass is 9.69. The van der Waals surface area contributed by atoms with E-state index in [1.165, 1.54) is 27.8 Å². The fourth-order valence-electron chi connectivity index (χ4n) is 9.15. The van der Waals surface area contributed by atoms with Crippen molar-refractivity contribution in [2.45, 2.75) is 5.41 Å². The number of nitrogens with zero attached hydrogens (tertiary/aromatic N) is 1. The van der Waals surface area contributed by atoms with Gasteiger partial charge in [-0.05, 0) is 88.0 Å². The predicted molar refractivity (Wildman–Crippen MR) is 221 cm³/mol. The molecule has 12 rings (SSSR count). The van der Waals surface area contributed by atoms with E-state index in [9.17, 15) is 0 Å². The maximum Gasteiger partial charge on any atom is 0.178 e. The summed E-state index contributed by atoms with van der Waals surface area (Å²) in [4.78, 5) is 2.28. The summed E-state index contributed by atoms with van der Waals surface area (Å²) in [6.07, 6.45) is 0. The van der Waals surface area contributed by atoms with Crippen molar-refractivity contribution in [3.8, 4) is 33.8 Å². The van der Waals surface area contributed by atoms with Gasteiger partial charge in [0.25, 0.3) is 0 Å². The normalized spacial score (nSPS) is 13.4. The molecule has 0 fully saturated rings. The van der Waals surface area contributed by atoms with E-state index in [1.54, 1.807) is 0 Å². The van der Waals surface area contributed by atoms with E-state index >= 15 is 0 Å². The molecule has 0 radical (unpaired) electrons. The van der Waals surface area contributed by atoms with Crippen LogP contribution in [0.1, 0.15) is 22.5 Å². The van der Waals surface area contributed by atoms with Gasteiger partial charge in [0.1, 0.15) is 27.9 Å². The van der Waals surface area contributed by atoms with Crippen molar-refractivity contribution in [1.29, 1.82) is 0 Å². The average molecular weight is 706 g/mol. The van der Waals surface area contributed by atoms with Gasteiger partial charge in [-0.15, -0.1) is 0 Å². The first-order valence-electron chi connectivity index (χ1n) is 18.7. The van der Waals surface area contributed by atoms with E-state index in [2.05, 4.69) is 169 Å². The van der Waals surface area contributed by atoms with Crippen LogP contribution in [-0.2, 0) is 5.41 Å². The SMILES string of the molecule is c1ccc(-c2ccc(N(c3ccc4c(c3)oc3ccccc34)c3ccc4oc5c(c4c3)Oc3ccccc3C53c4ccccc4-c4ccccc43)cc2)cc1. The van der Waals surface area contributed by atoms with Crippen LogP contribution in [0.3, 0.4) is 0 Å². The van der Waals surface area contributed by atoms with Crippen molar-refractivity contribution in [3.05, 3.63) is 211 Å². The summed E-state index contributed by atoms with van der Waals surface area (Å²) < 4.78 is 20.4. The quantitative estimate of drug-likeness (QED) is 0.183. The molecule has 4 heteroatoms. The third kappa shape index (κ3) is 4.22. The molecular formula is C51H31NO3. The van der Waals surface area contributed by atoms with Gasteiger partial charge in [-0.1, -0.05) is 127 Å². The highest BCUT2D eigenvalue weighted by molar-refractivity contribution is 6.06. The molecule has 3 heterocycles. The standard InChI is InChI=1S/C51H31NO3/c1-2-12-32(13-3-1)33-22-24-34(25-23-33)52(36-26-28-40-39-16-6-10-20-45(39)53-48(40)31-36)35-27-29-46-41(30-35)49-50(55-46)51(44-19-9-11-21-47(44)54-49)42-17-7-4-14-37(42)38-15-5-8-18-43(38)51/h1-31H. The molecule has 55 heavy (non-hydrogen) atoms. The minimum Gasteiger partial charge on any atom is -0.456 e. The van der Waals surface area contributed by atoms with Gasteiger partial charge in [0.15, 0.2) is 11.5 Å². The second-order valence-corrected chi connectivity index (χ2v) is 14.4. The number of ether oxygens (including phenoxy) is 1. The molecule has 0 amide bonds. The number of anilines is 3. The number of hydrogen-bond acceptors (Lipinski definition) is 4. The fraction of sp³-hybridized carbons (Fsp3) is 0.0196. The largest absolute Gasteiger partial charge is 0.456 e. The molecule has 1 aliphatic carbocycles. The molecule has 2 aliphatic rings. The van der Waals surface area contributed by atoms with Crippen molar-refractivity contribution in [2.75, 3.05) is 4.90 Å². The Balaban J connectivity index is 1.08. The summed E-state index contributed by atoms with van der Waals surface area (Å²) in [5, 5.41) is 3.11. The number of furan rings is 2. The Hall–Kier alpha value is -7.30. The zero-order valence-electron chi connectivity index (χ0n) is 29.6. The van der Waals surface area contributed by atoms with Crippen molar-refractivity contribution < 1.29 is 13.6 Å². The van der Waals surface area contributed by atoms with Crippen molar-refractivity contribution in [1.82, 2.24) is 0 Å². The maximum absolute atomic E-state index is 7.04. The number of benzene rings is 8. The highest BCUT2D eigenvalue weighted by Crippen LogP contribution is 2.63. The molecule has 2 aromatic heterocycles. The molecule has 10 aromatic rings. The van der Waals surface area contributed by atoms with Gasteiger partial charge in [-0.3, -0.25) is 0 Å². The highest BCUT2D eigenvalue weighted by atomic mass is 16.5. The minimum absolute atomic E-state index is 0.671. The van der Waals surface area contributed by atoms with Crippen LogP contribution in [0, 0.1) is 0 Å². The lowest BCUT2D eigenvalue weighted by Gasteiger charge is -2.36. The van der Waals surface area contributed by atoms with Gasteiger partial charge < -0.3 is 18.5 Å². The molecule has 0 bridgehead atoms. The molecule has 0 N–H and O–H groups in total. The van der Waals surface area contributed by atoms with E-state index in [0.717, 1.165) is 78.4 Å². The van der Waals surface area contributed by atoms with Gasteiger partial charge >= 0.3 is 0 Å². The summed E-state index contributed by atoms with van der Waals surface area (Å²) in [6, 6.07) is 66.2. The van der Waals surface area contributed by atoms with Crippen molar-refractivity contribution >= 4 is 50.0 Å². The number of para-hydroxylation sites is 2. The second-order valence-electron chi connectivity index (χ2n) is 14.4. The molecule has 8 aromatic carbocycles. The Morgan fingerprint density at radius 2 is 0.964 bits per heavy atom. The van der Waals surface area contributed by atoms with Gasteiger partial charge in [-0.25, -0.2) is 0 Å². The summed E-state index contributed by atoms with van der Waals surface area (Å²) in [5.74, 6) is 2.38. The molecule has 258 valence electrons.